The average molecular weight is 523 g/mol. The quantitative estimate of drug-likeness (QED) is 0.198. The molecule has 0 aliphatic rings. The lowest BCUT2D eigenvalue weighted by molar-refractivity contribution is -0.384. The van der Waals surface area contributed by atoms with Gasteiger partial charge in [0.05, 0.1) is 17.2 Å². The molecule has 1 N–H and O–H groups in total. The second-order valence-electron chi connectivity index (χ2n) is 7.28. The topological polar surface area (TPSA) is 90.6 Å². The molecule has 0 saturated heterocycles. The second kappa shape index (κ2) is 10.0. The normalized spacial score (nSPS) is 14.0. The summed E-state index contributed by atoms with van der Waals surface area (Å²) in [6, 6.07) is 4.84. The van der Waals surface area contributed by atoms with E-state index in [0.717, 1.165) is 6.07 Å². The number of nitro groups is 1. The van der Waals surface area contributed by atoms with Crippen LogP contribution >= 0.6 is 27.5 Å². The van der Waals surface area contributed by atoms with Crippen molar-refractivity contribution in [1.29, 1.82) is 0 Å². The van der Waals surface area contributed by atoms with Gasteiger partial charge in [-0.15, -0.1) is 0 Å². The molecule has 6 nitrogen and oxygen atoms in total. The molecule has 0 bridgehead atoms. The fraction of sp³-hybridized carbons (Fsp3) is 0.316. The minimum atomic E-state index is -1.54. The molecule has 2 rings (SSSR count). The Balaban J connectivity index is 2.47. The summed E-state index contributed by atoms with van der Waals surface area (Å²) in [4.78, 5) is 10.8. The molecular weight excluding hydrogens is 504 g/mol. The molecule has 30 heavy (non-hydrogen) atoms. The Morgan fingerprint density at radius 1 is 1.33 bits per heavy atom. The molecule has 0 aliphatic heterocycles. The number of hydrogen-bond acceptors (Lipinski definition) is 5. The molecule has 0 amide bonds. The lowest BCUT2D eigenvalue weighted by Crippen LogP contribution is -2.26. The van der Waals surface area contributed by atoms with Gasteiger partial charge in [-0.25, -0.2) is 8.78 Å². The predicted octanol–water partition coefficient (Wildman–Crippen LogP) is 6.37. The molecule has 2 atom stereocenters. The van der Waals surface area contributed by atoms with Crippen molar-refractivity contribution in [3.05, 3.63) is 67.1 Å². The Morgan fingerprint density at radius 3 is 2.57 bits per heavy atom. The van der Waals surface area contributed by atoms with E-state index in [0.29, 0.717) is 6.07 Å². The summed E-state index contributed by atoms with van der Waals surface area (Å²) >= 11 is 7.57. The zero-order chi connectivity index (χ0) is 22.6. The van der Waals surface area contributed by atoms with Gasteiger partial charge in [-0.05, 0) is 39.0 Å². The standard InChI is InChI=1S/C19H19BrClF2N3O3S/c1-19(2,3)30(29)24-7-6-15(18-13(20)9-12(22)10-14(18)23)25-16-8-11(21)4-5-17(16)26(27)28/h4-5,7-10,15,25H,6H2,1-3H3/b24-7+/t15-,30-/m1/s1. The maximum Gasteiger partial charge on any atom is 0.292 e. The van der Waals surface area contributed by atoms with Gasteiger partial charge in [0, 0.05) is 33.6 Å². The number of nitrogens with zero attached hydrogens (tertiary/aromatic N) is 2. The first-order chi connectivity index (χ1) is 13.9. The van der Waals surface area contributed by atoms with Crippen molar-refractivity contribution >= 4 is 56.5 Å². The SMILES string of the molecule is CC(C)(C)[S@@+]([O-])/N=C/C[C@@H](Nc1cc(Cl)ccc1[N+](=O)[O-])c1c(F)cc(F)cc1Br. The van der Waals surface area contributed by atoms with Crippen LogP contribution in [0.1, 0.15) is 38.8 Å². The van der Waals surface area contributed by atoms with Gasteiger partial charge < -0.3 is 9.87 Å². The van der Waals surface area contributed by atoms with Gasteiger partial charge >= 0.3 is 0 Å². The minimum Gasteiger partial charge on any atom is -0.591 e. The van der Waals surface area contributed by atoms with E-state index in [-0.39, 0.29) is 32.9 Å². The van der Waals surface area contributed by atoms with Crippen LogP contribution in [0.2, 0.25) is 5.02 Å². The van der Waals surface area contributed by atoms with Crippen LogP contribution in [0.5, 0.6) is 0 Å². The highest BCUT2D eigenvalue weighted by Crippen LogP contribution is 2.35. The minimum absolute atomic E-state index is 0.0205. The van der Waals surface area contributed by atoms with Crippen LogP contribution in [0.4, 0.5) is 20.2 Å². The zero-order valence-corrected chi connectivity index (χ0v) is 19.4. The van der Waals surface area contributed by atoms with Crippen molar-refractivity contribution in [3.63, 3.8) is 0 Å². The summed E-state index contributed by atoms with van der Waals surface area (Å²) in [6.45, 7) is 5.26. The number of nitro benzene ring substituents is 1. The largest absolute Gasteiger partial charge is 0.591 e. The van der Waals surface area contributed by atoms with Crippen molar-refractivity contribution in [2.24, 2.45) is 4.40 Å². The summed E-state index contributed by atoms with van der Waals surface area (Å²) in [5.74, 6) is -1.63. The molecular formula is C19H19BrClF2N3O3S. The molecule has 0 radical (unpaired) electrons. The summed E-state index contributed by atoms with van der Waals surface area (Å²) in [5.41, 5.74) is -0.171. The van der Waals surface area contributed by atoms with E-state index < -0.39 is 38.7 Å². The summed E-state index contributed by atoms with van der Waals surface area (Å²) < 4.78 is 43.8. The van der Waals surface area contributed by atoms with Gasteiger partial charge in [0.1, 0.15) is 33.4 Å². The molecule has 0 aliphatic carbocycles. The number of rotatable bonds is 7. The maximum absolute atomic E-state index is 14.6. The predicted molar refractivity (Wildman–Crippen MR) is 120 cm³/mol. The molecule has 2 aromatic rings. The van der Waals surface area contributed by atoms with Crippen LogP contribution < -0.4 is 5.32 Å². The molecule has 0 fully saturated rings. The van der Waals surface area contributed by atoms with Gasteiger partial charge in [-0.2, -0.15) is 0 Å². The van der Waals surface area contributed by atoms with E-state index in [9.17, 15) is 23.4 Å². The first-order valence-corrected chi connectivity index (χ1v) is 11.0. The van der Waals surface area contributed by atoms with Crippen LogP contribution in [0, 0.1) is 21.7 Å². The van der Waals surface area contributed by atoms with E-state index >= 15 is 0 Å². The molecule has 0 unspecified atom stereocenters. The van der Waals surface area contributed by atoms with Crippen molar-refractivity contribution in [2.75, 3.05) is 5.32 Å². The fourth-order valence-electron chi connectivity index (χ4n) is 2.48. The van der Waals surface area contributed by atoms with Crippen LogP contribution in [0.15, 0.2) is 39.2 Å². The van der Waals surface area contributed by atoms with Crippen molar-refractivity contribution in [2.45, 2.75) is 38.0 Å². The molecule has 2 aromatic carbocycles. The van der Waals surface area contributed by atoms with E-state index in [1.807, 2.05) is 0 Å². The second-order valence-corrected chi connectivity index (χ2v) is 10.5. The number of nitrogens with one attached hydrogen (secondary N) is 1. The Bertz CT molecular complexity index is 950. The van der Waals surface area contributed by atoms with E-state index in [1.165, 1.54) is 24.4 Å². The third-order valence-electron chi connectivity index (χ3n) is 3.91. The Morgan fingerprint density at radius 2 is 2.00 bits per heavy atom. The summed E-state index contributed by atoms with van der Waals surface area (Å²) in [6.07, 6.45) is 1.37. The summed E-state index contributed by atoms with van der Waals surface area (Å²) in [7, 11) is 0. The van der Waals surface area contributed by atoms with Crippen molar-refractivity contribution in [1.82, 2.24) is 0 Å². The molecule has 0 aromatic heterocycles. The van der Waals surface area contributed by atoms with Gasteiger partial charge in [0.25, 0.3) is 5.69 Å². The van der Waals surface area contributed by atoms with Crippen LogP contribution in [-0.4, -0.2) is 20.4 Å². The third kappa shape index (κ3) is 6.37. The highest BCUT2D eigenvalue weighted by molar-refractivity contribution is 9.10. The maximum atomic E-state index is 14.6. The number of halogens is 4. The van der Waals surface area contributed by atoms with E-state index in [4.69, 9.17) is 11.6 Å². The summed E-state index contributed by atoms with van der Waals surface area (Å²) in [5, 5.41) is 14.5. The smallest absolute Gasteiger partial charge is 0.292 e. The number of benzene rings is 2. The number of anilines is 1. The Kier molecular flexibility index (Phi) is 8.20. The van der Waals surface area contributed by atoms with Gasteiger partial charge in [0.2, 0.25) is 0 Å². The number of hydrogen-bond donors (Lipinski definition) is 1. The van der Waals surface area contributed by atoms with Crippen LogP contribution in [0.25, 0.3) is 0 Å². The third-order valence-corrected chi connectivity index (χ3v) is 6.19. The average Bonchev–Trinajstić information content (AvgIpc) is 2.59. The monoisotopic (exact) mass is 521 g/mol. The first kappa shape index (κ1) is 24.5. The fourth-order valence-corrected chi connectivity index (χ4v) is 3.87. The van der Waals surface area contributed by atoms with Gasteiger partial charge in [-0.1, -0.05) is 31.9 Å². The van der Waals surface area contributed by atoms with E-state index in [2.05, 4.69) is 25.6 Å². The molecule has 11 heteroatoms. The van der Waals surface area contributed by atoms with Gasteiger partial charge in [0.15, 0.2) is 0 Å². The zero-order valence-electron chi connectivity index (χ0n) is 16.3. The van der Waals surface area contributed by atoms with Crippen molar-refractivity contribution in [3.8, 4) is 0 Å². The molecule has 0 saturated carbocycles. The molecule has 0 spiro atoms. The van der Waals surface area contributed by atoms with E-state index in [1.54, 1.807) is 20.8 Å². The molecule has 0 heterocycles. The Labute approximate surface area is 189 Å². The molecule has 162 valence electrons. The van der Waals surface area contributed by atoms with Crippen LogP contribution in [-0.2, 0) is 11.4 Å². The lowest BCUT2D eigenvalue weighted by atomic mass is 10.0. The van der Waals surface area contributed by atoms with Crippen molar-refractivity contribution < 1.29 is 18.3 Å². The highest BCUT2D eigenvalue weighted by atomic mass is 79.9. The highest BCUT2D eigenvalue weighted by Gasteiger charge is 2.27. The first-order valence-electron chi connectivity index (χ1n) is 8.69. The Hall–Kier alpha value is -1.75. The van der Waals surface area contributed by atoms with Gasteiger partial charge in [-0.3, -0.25) is 10.1 Å². The van der Waals surface area contributed by atoms with Crippen LogP contribution in [0.3, 0.4) is 0 Å². The lowest BCUT2D eigenvalue weighted by Gasteiger charge is -2.22.